The van der Waals surface area contributed by atoms with E-state index in [1.54, 1.807) is 0 Å². The minimum atomic E-state index is -0.740. The quantitative estimate of drug-likeness (QED) is 0.307. The first kappa shape index (κ1) is 19.6. The van der Waals surface area contributed by atoms with Gasteiger partial charge in [-0.2, -0.15) is 50.5 Å². The minimum absolute atomic E-state index is 0.279. The highest BCUT2D eigenvalue weighted by atomic mass is 32.1. The summed E-state index contributed by atoms with van der Waals surface area (Å²) < 4.78 is 0. The molecule has 0 aliphatic carbocycles. The Hall–Kier alpha value is 1.24. The molecule has 0 heterocycles. The minimum Gasteiger partial charge on any atom is -0.390 e. The fourth-order valence-electron chi connectivity index (χ4n) is 0.487. The van der Waals surface area contributed by atoms with E-state index in [4.69, 9.17) is 20.4 Å². The molecular weight excluding hydrogens is 288 g/mol. The molecule has 8 heteroatoms. The van der Waals surface area contributed by atoms with Crippen LogP contribution in [-0.2, 0) is 0 Å². The molecule has 0 aromatic heterocycles. The van der Waals surface area contributed by atoms with Crippen LogP contribution < -0.4 is 0 Å². The molecule has 0 rings (SSSR count). The third-order valence-electron chi connectivity index (χ3n) is 1.64. The molecule has 4 atom stereocenters. The lowest BCUT2D eigenvalue weighted by atomic mass is 10.3. The van der Waals surface area contributed by atoms with Gasteiger partial charge in [0.05, 0.1) is 24.4 Å². The molecule has 0 radical (unpaired) electrons. The van der Waals surface area contributed by atoms with Crippen molar-refractivity contribution < 1.29 is 20.4 Å². The third-order valence-corrected chi connectivity index (χ3v) is 3.13. The number of aliphatic hydroxyl groups is 4. The van der Waals surface area contributed by atoms with Gasteiger partial charge in [0.1, 0.15) is 0 Å². The summed E-state index contributed by atoms with van der Waals surface area (Å²) in [5.41, 5.74) is 0. The highest BCUT2D eigenvalue weighted by Crippen LogP contribution is 1.97. The van der Waals surface area contributed by atoms with E-state index in [2.05, 4.69) is 50.5 Å². The van der Waals surface area contributed by atoms with E-state index >= 15 is 0 Å². The summed E-state index contributed by atoms with van der Waals surface area (Å²) in [6, 6.07) is 0. The second kappa shape index (κ2) is 12.7. The van der Waals surface area contributed by atoms with E-state index in [1.165, 1.54) is 0 Å². The van der Waals surface area contributed by atoms with Crippen molar-refractivity contribution in [2.45, 2.75) is 24.4 Å². The molecule has 0 aromatic carbocycles. The van der Waals surface area contributed by atoms with Crippen LogP contribution in [0.1, 0.15) is 0 Å². The molecule has 0 saturated heterocycles. The van der Waals surface area contributed by atoms with Crippen LogP contribution >= 0.6 is 50.5 Å². The second-order valence-corrected chi connectivity index (χ2v) is 4.46. The summed E-state index contributed by atoms with van der Waals surface area (Å²) in [5, 5.41) is 35.0. The van der Waals surface area contributed by atoms with Crippen molar-refractivity contribution in [1.82, 2.24) is 0 Å². The molecule has 0 saturated carbocycles. The Labute approximate surface area is 118 Å². The SMILES string of the molecule is O[C@H](CS)[C@@H](O)CS.O[C@H](CS)[C@H](O)CS. The molecule has 0 bridgehead atoms. The first-order chi connectivity index (χ1) is 7.44. The summed E-state index contributed by atoms with van der Waals surface area (Å²) in [6.07, 6.45) is -2.96. The largest absolute Gasteiger partial charge is 0.390 e. The van der Waals surface area contributed by atoms with E-state index in [0.29, 0.717) is 0 Å². The highest BCUT2D eigenvalue weighted by Gasteiger charge is 2.11. The van der Waals surface area contributed by atoms with Crippen molar-refractivity contribution in [3.63, 3.8) is 0 Å². The molecule has 0 spiro atoms. The van der Waals surface area contributed by atoms with Crippen molar-refractivity contribution in [1.29, 1.82) is 0 Å². The topological polar surface area (TPSA) is 80.9 Å². The van der Waals surface area contributed by atoms with E-state index in [9.17, 15) is 0 Å². The first-order valence-corrected chi connectivity index (χ1v) is 7.13. The lowest BCUT2D eigenvalue weighted by Crippen LogP contribution is -2.28. The predicted octanol–water partition coefficient (Wildman–Crippen LogP) is -0.864. The van der Waals surface area contributed by atoms with Gasteiger partial charge in [0, 0.05) is 23.0 Å². The van der Waals surface area contributed by atoms with Crippen LogP contribution in [0.2, 0.25) is 0 Å². The molecule has 4 nitrogen and oxygen atoms in total. The van der Waals surface area contributed by atoms with Crippen LogP contribution in [0.5, 0.6) is 0 Å². The summed E-state index contributed by atoms with van der Waals surface area (Å²) in [6.45, 7) is 0. The summed E-state index contributed by atoms with van der Waals surface area (Å²) in [7, 11) is 0. The van der Waals surface area contributed by atoms with E-state index in [1.807, 2.05) is 0 Å². The van der Waals surface area contributed by atoms with Gasteiger partial charge in [0.2, 0.25) is 0 Å². The van der Waals surface area contributed by atoms with Gasteiger partial charge in [-0.15, -0.1) is 0 Å². The fourth-order valence-corrected chi connectivity index (χ4v) is 1.46. The molecule has 0 amide bonds. The summed E-state index contributed by atoms with van der Waals surface area (Å²) >= 11 is 15.1. The maximum absolute atomic E-state index is 8.75. The number of thiol groups is 4. The van der Waals surface area contributed by atoms with Gasteiger partial charge in [-0.3, -0.25) is 0 Å². The predicted molar refractivity (Wildman–Crippen MR) is 79.4 cm³/mol. The van der Waals surface area contributed by atoms with E-state index in [0.717, 1.165) is 0 Å². The van der Waals surface area contributed by atoms with Crippen molar-refractivity contribution >= 4 is 50.5 Å². The Kier molecular flexibility index (Phi) is 15.5. The highest BCUT2D eigenvalue weighted by molar-refractivity contribution is 7.80. The Morgan fingerprint density at radius 2 is 0.625 bits per heavy atom. The van der Waals surface area contributed by atoms with Crippen molar-refractivity contribution in [2.75, 3.05) is 23.0 Å². The lowest BCUT2D eigenvalue weighted by molar-refractivity contribution is 0.0504. The molecule has 16 heavy (non-hydrogen) atoms. The Balaban J connectivity index is 0. The van der Waals surface area contributed by atoms with Gasteiger partial charge in [0.15, 0.2) is 0 Å². The summed E-state index contributed by atoms with van der Waals surface area (Å²) in [5.74, 6) is 1.12. The first-order valence-electron chi connectivity index (χ1n) is 4.60. The van der Waals surface area contributed by atoms with E-state index < -0.39 is 24.4 Å². The van der Waals surface area contributed by atoms with Crippen LogP contribution in [0.25, 0.3) is 0 Å². The van der Waals surface area contributed by atoms with Gasteiger partial charge >= 0.3 is 0 Å². The standard InChI is InChI=1S/2C4H10O2S2/c2*5-3(1-7)4(6)2-8/h2*3-8H,1-2H2/t3-,4+;3-,4-/m.1/s1. The zero-order chi connectivity index (χ0) is 13.1. The molecule has 0 aromatic rings. The van der Waals surface area contributed by atoms with Crippen LogP contribution in [0.3, 0.4) is 0 Å². The van der Waals surface area contributed by atoms with Crippen LogP contribution in [0.4, 0.5) is 0 Å². The average molecular weight is 309 g/mol. The van der Waals surface area contributed by atoms with Gasteiger partial charge in [-0.1, -0.05) is 0 Å². The number of rotatable bonds is 6. The van der Waals surface area contributed by atoms with Gasteiger partial charge < -0.3 is 20.4 Å². The van der Waals surface area contributed by atoms with Gasteiger partial charge in [0.25, 0.3) is 0 Å². The maximum Gasteiger partial charge on any atom is 0.0894 e. The zero-order valence-corrected chi connectivity index (χ0v) is 12.3. The Morgan fingerprint density at radius 1 is 0.500 bits per heavy atom. The zero-order valence-electron chi connectivity index (χ0n) is 8.72. The lowest BCUT2D eigenvalue weighted by Gasteiger charge is -2.11. The van der Waals surface area contributed by atoms with Crippen molar-refractivity contribution in [3.8, 4) is 0 Å². The number of hydrogen-bond donors (Lipinski definition) is 8. The summed E-state index contributed by atoms with van der Waals surface area (Å²) in [4.78, 5) is 0. The fraction of sp³-hybridized carbons (Fsp3) is 1.00. The molecule has 0 unspecified atom stereocenters. The number of aliphatic hydroxyl groups excluding tert-OH is 4. The number of hydrogen-bond acceptors (Lipinski definition) is 8. The second-order valence-electron chi connectivity index (χ2n) is 3.00. The van der Waals surface area contributed by atoms with Crippen molar-refractivity contribution in [3.05, 3.63) is 0 Å². The van der Waals surface area contributed by atoms with Crippen LogP contribution in [-0.4, -0.2) is 67.9 Å². The Bertz CT molecular complexity index is 120. The maximum atomic E-state index is 8.75. The average Bonchev–Trinajstić information content (AvgIpc) is 2.35. The van der Waals surface area contributed by atoms with Crippen LogP contribution in [0.15, 0.2) is 0 Å². The van der Waals surface area contributed by atoms with Gasteiger partial charge in [-0.25, -0.2) is 0 Å². The van der Waals surface area contributed by atoms with Gasteiger partial charge in [-0.05, 0) is 0 Å². The third kappa shape index (κ3) is 10.4. The normalized spacial score (nSPS) is 18.0. The monoisotopic (exact) mass is 308 g/mol. The molecule has 4 N–H and O–H groups in total. The molecule has 0 aliphatic heterocycles. The smallest absolute Gasteiger partial charge is 0.0894 e. The molecule has 0 fully saturated rings. The molecule has 0 aliphatic rings. The van der Waals surface area contributed by atoms with E-state index in [-0.39, 0.29) is 23.0 Å². The van der Waals surface area contributed by atoms with Crippen LogP contribution in [0, 0.1) is 0 Å². The molecular formula is C8H20O4S4. The Morgan fingerprint density at radius 3 is 0.688 bits per heavy atom. The molecule has 100 valence electrons. The van der Waals surface area contributed by atoms with Crippen molar-refractivity contribution in [2.24, 2.45) is 0 Å².